The first-order chi connectivity index (χ1) is 9.45. The molecule has 2 heterocycles. The number of aromatic nitrogens is 1. The van der Waals surface area contributed by atoms with E-state index in [1.165, 1.54) is 4.90 Å². The van der Waals surface area contributed by atoms with Gasteiger partial charge in [-0.25, -0.2) is 4.79 Å². The Morgan fingerprint density at radius 1 is 1.40 bits per heavy atom. The zero-order chi connectivity index (χ0) is 14.9. The number of carbonyl (C=O) groups is 2. The van der Waals surface area contributed by atoms with Gasteiger partial charge in [0.25, 0.3) is 5.91 Å². The molecule has 2 unspecified atom stereocenters. The van der Waals surface area contributed by atoms with E-state index in [1.807, 2.05) is 24.6 Å². The molecule has 0 saturated carbocycles. The minimum absolute atomic E-state index is 0.178. The average molecular weight is 278 g/mol. The molecule has 2 rings (SSSR count). The molecule has 1 aromatic heterocycles. The number of hydrogen-bond acceptors (Lipinski definition) is 2. The molecule has 0 radical (unpaired) electrons. The lowest BCUT2D eigenvalue weighted by atomic mass is 9.88. The SMILES string of the molecule is CCC1CCN(C(=O)c2ccc(C)n2C)C(C(=O)O)C1. The molecule has 1 aromatic rings. The van der Waals surface area contributed by atoms with E-state index in [0.29, 0.717) is 24.6 Å². The molecule has 5 nitrogen and oxygen atoms in total. The van der Waals surface area contributed by atoms with Crippen LogP contribution in [0.15, 0.2) is 12.1 Å². The number of nitrogens with zero attached hydrogens (tertiary/aromatic N) is 2. The van der Waals surface area contributed by atoms with Crippen LogP contribution in [0.3, 0.4) is 0 Å². The predicted molar refractivity (Wildman–Crippen MR) is 75.6 cm³/mol. The monoisotopic (exact) mass is 278 g/mol. The topological polar surface area (TPSA) is 62.5 Å². The van der Waals surface area contributed by atoms with E-state index in [2.05, 4.69) is 6.92 Å². The second-order valence-corrected chi connectivity index (χ2v) is 5.57. The van der Waals surface area contributed by atoms with Gasteiger partial charge in [-0.2, -0.15) is 0 Å². The molecular formula is C15H22N2O3. The third-order valence-corrected chi connectivity index (χ3v) is 4.43. The Bertz CT molecular complexity index is 521. The average Bonchev–Trinajstić information content (AvgIpc) is 2.77. The third kappa shape index (κ3) is 2.57. The number of likely N-dealkylation sites (tertiary alicyclic amines) is 1. The quantitative estimate of drug-likeness (QED) is 0.920. The lowest BCUT2D eigenvalue weighted by molar-refractivity contribution is -0.144. The highest BCUT2D eigenvalue weighted by Gasteiger charge is 2.36. The standard InChI is InChI=1S/C15H22N2O3/c1-4-11-7-8-17(13(9-11)15(19)20)14(18)12-6-5-10(2)16(12)3/h5-6,11,13H,4,7-9H2,1-3H3,(H,19,20). The van der Waals surface area contributed by atoms with Gasteiger partial charge >= 0.3 is 5.97 Å². The van der Waals surface area contributed by atoms with E-state index >= 15 is 0 Å². The summed E-state index contributed by atoms with van der Waals surface area (Å²) in [6.45, 7) is 4.52. The summed E-state index contributed by atoms with van der Waals surface area (Å²) in [5, 5.41) is 9.39. The van der Waals surface area contributed by atoms with Crippen LogP contribution in [-0.4, -0.2) is 39.0 Å². The van der Waals surface area contributed by atoms with Gasteiger partial charge in [-0.3, -0.25) is 4.79 Å². The molecule has 0 aromatic carbocycles. The zero-order valence-corrected chi connectivity index (χ0v) is 12.3. The number of carboxylic acid groups (broad SMARTS) is 1. The zero-order valence-electron chi connectivity index (χ0n) is 12.3. The number of aryl methyl sites for hydroxylation is 1. The highest BCUT2D eigenvalue weighted by Crippen LogP contribution is 2.27. The van der Waals surface area contributed by atoms with Crippen LogP contribution in [0.1, 0.15) is 42.4 Å². The van der Waals surface area contributed by atoms with Gasteiger partial charge in [0.05, 0.1) is 0 Å². The molecule has 20 heavy (non-hydrogen) atoms. The fraction of sp³-hybridized carbons (Fsp3) is 0.600. The van der Waals surface area contributed by atoms with Crippen molar-refractivity contribution in [2.24, 2.45) is 13.0 Å². The van der Waals surface area contributed by atoms with Gasteiger partial charge in [0.15, 0.2) is 0 Å². The van der Waals surface area contributed by atoms with Crippen molar-refractivity contribution in [3.8, 4) is 0 Å². The van der Waals surface area contributed by atoms with Crippen LogP contribution < -0.4 is 0 Å². The molecule has 1 N–H and O–H groups in total. The lowest BCUT2D eigenvalue weighted by Gasteiger charge is -2.37. The Kier molecular flexibility index (Phi) is 4.16. The first-order valence-electron chi connectivity index (χ1n) is 7.11. The summed E-state index contributed by atoms with van der Waals surface area (Å²) >= 11 is 0. The summed E-state index contributed by atoms with van der Waals surface area (Å²) in [4.78, 5) is 25.6. The van der Waals surface area contributed by atoms with Crippen molar-refractivity contribution in [2.45, 2.75) is 39.2 Å². The van der Waals surface area contributed by atoms with Crippen LogP contribution in [0.25, 0.3) is 0 Å². The van der Waals surface area contributed by atoms with Gasteiger partial charge in [-0.1, -0.05) is 13.3 Å². The Hall–Kier alpha value is -1.78. The molecule has 110 valence electrons. The molecule has 5 heteroatoms. The molecule has 1 aliphatic heterocycles. The maximum atomic E-state index is 12.6. The number of rotatable bonds is 3. The van der Waals surface area contributed by atoms with Gasteiger partial charge in [-0.05, 0) is 37.8 Å². The smallest absolute Gasteiger partial charge is 0.326 e. The predicted octanol–water partition coefficient (Wildman–Crippen LogP) is 2.05. The first-order valence-corrected chi connectivity index (χ1v) is 7.11. The molecule has 2 atom stereocenters. The van der Waals surface area contributed by atoms with E-state index in [-0.39, 0.29) is 5.91 Å². The Balaban J connectivity index is 2.24. The fourth-order valence-electron chi connectivity index (χ4n) is 2.86. The van der Waals surface area contributed by atoms with Crippen molar-refractivity contribution >= 4 is 11.9 Å². The Morgan fingerprint density at radius 3 is 2.60 bits per heavy atom. The van der Waals surface area contributed by atoms with Crippen LogP contribution in [0, 0.1) is 12.8 Å². The largest absolute Gasteiger partial charge is 0.480 e. The van der Waals surface area contributed by atoms with E-state index in [0.717, 1.165) is 18.5 Å². The first kappa shape index (κ1) is 14.6. The van der Waals surface area contributed by atoms with Crippen molar-refractivity contribution in [2.75, 3.05) is 6.54 Å². The minimum Gasteiger partial charge on any atom is -0.480 e. The van der Waals surface area contributed by atoms with Crippen molar-refractivity contribution in [1.29, 1.82) is 0 Å². The molecule has 1 aliphatic rings. The molecule has 0 bridgehead atoms. The van der Waals surface area contributed by atoms with E-state index in [4.69, 9.17) is 0 Å². The normalized spacial score (nSPS) is 22.9. The number of carboxylic acids is 1. The van der Waals surface area contributed by atoms with Gasteiger partial charge in [-0.15, -0.1) is 0 Å². The van der Waals surface area contributed by atoms with Crippen molar-refractivity contribution < 1.29 is 14.7 Å². The highest BCUT2D eigenvalue weighted by molar-refractivity contribution is 5.95. The second kappa shape index (κ2) is 5.69. The van der Waals surface area contributed by atoms with Crippen LogP contribution >= 0.6 is 0 Å². The number of piperidine rings is 1. The summed E-state index contributed by atoms with van der Waals surface area (Å²) in [7, 11) is 1.83. The van der Waals surface area contributed by atoms with Gasteiger partial charge in [0.2, 0.25) is 0 Å². The lowest BCUT2D eigenvalue weighted by Crippen LogP contribution is -2.50. The molecule has 1 amide bonds. The maximum Gasteiger partial charge on any atom is 0.326 e. The van der Waals surface area contributed by atoms with E-state index in [9.17, 15) is 14.7 Å². The van der Waals surface area contributed by atoms with E-state index < -0.39 is 12.0 Å². The van der Waals surface area contributed by atoms with Crippen molar-refractivity contribution in [3.05, 3.63) is 23.5 Å². The Labute approximate surface area is 119 Å². The van der Waals surface area contributed by atoms with Gasteiger partial charge in [0, 0.05) is 19.3 Å². The summed E-state index contributed by atoms with van der Waals surface area (Å²) in [5.41, 5.74) is 1.55. The summed E-state index contributed by atoms with van der Waals surface area (Å²) in [6.07, 6.45) is 2.41. The number of aliphatic carboxylic acids is 1. The van der Waals surface area contributed by atoms with E-state index in [1.54, 1.807) is 6.07 Å². The Morgan fingerprint density at radius 2 is 2.10 bits per heavy atom. The summed E-state index contributed by atoms with van der Waals surface area (Å²) in [6, 6.07) is 2.95. The number of amides is 1. The third-order valence-electron chi connectivity index (χ3n) is 4.43. The number of carbonyl (C=O) groups excluding carboxylic acids is 1. The minimum atomic E-state index is -0.901. The van der Waals surface area contributed by atoms with Gasteiger partial charge in [0.1, 0.15) is 11.7 Å². The molecule has 1 saturated heterocycles. The molecule has 0 aliphatic carbocycles. The summed E-state index contributed by atoms with van der Waals surface area (Å²) in [5.74, 6) is -0.680. The summed E-state index contributed by atoms with van der Waals surface area (Å²) < 4.78 is 1.81. The van der Waals surface area contributed by atoms with Crippen molar-refractivity contribution in [1.82, 2.24) is 9.47 Å². The van der Waals surface area contributed by atoms with Crippen LogP contribution in [-0.2, 0) is 11.8 Å². The van der Waals surface area contributed by atoms with Gasteiger partial charge < -0.3 is 14.6 Å². The number of hydrogen-bond donors (Lipinski definition) is 1. The molecule has 0 spiro atoms. The fourth-order valence-corrected chi connectivity index (χ4v) is 2.86. The van der Waals surface area contributed by atoms with Crippen molar-refractivity contribution in [3.63, 3.8) is 0 Å². The van der Waals surface area contributed by atoms with Crippen LogP contribution in [0.5, 0.6) is 0 Å². The van der Waals surface area contributed by atoms with Crippen LogP contribution in [0.4, 0.5) is 0 Å². The molecular weight excluding hydrogens is 256 g/mol. The maximum absolute atomic E-state index is 12.6. The van der Waals surface area contributed by atoms with Crippen LogP contribution in [0.2, 0.25) is 0 Å². The second-order valence-electron chi connectivity index (χ2n) is 5.57. The molecule has 1 fully saturated rings. The highest BCUT2D eigenvalue weighted by atomic mass is 16.4.